The third-order valence-electron chi connectivity index (χ3n) is 2.97. The number of nitrogens with zero attached hydrogens (tertiary/aromatic N) is 1. The van der Waals surface area contributed by atoms with Crippen LogP contribution in [0.1, 0.15) is 26.7 Å². The number of rotatable bonds is 5. The summed E-state index contributed by atoms with van der Waals surface area (Å²) in [6.45, 7) is 6.17. The molecule has 2 rings (SSSR count). The molecular formula is C11H20N2O2. The second kappa shape index (κ2) is 4.49. The summed E-state index contributed by atoms with van der Waals surface area (Å²) in [4.78, 5) is 13.9. The number of nitrogens with one attached hydrogen (secondary N) is 1. The lowest BCUT2D eigenvalue weighted by molar-refractivity contribution is -0.141. The molecule has 1 aliphatic carbocycles. The molecule has 1 N–H and O–H groups in total. The van der Waals surface area contributed by atoms with E-state index in [4.69, 9.17) is 4.74 Å². The normalized spacial score (nSPS) is 21.5. The van der Waals surface area contributed by atoms with Crippen LogP contribution >= 0.6 is 0 Å². The molecule has 1 saturated heterocycles. The SMILES string of the molecule is CC(C)N(C(=O)COC1CNC1)C1CC1. The van der Waals surface area contributed by atoms with Crippen molar-refractivity contribution in [3.8, 4) is 0 Å². The van der Waals surface area contributed by atoms with Gasteiger partial charge in [0.15, 0.2) is 0 Å². The number of carbonyl (C=O) groups is 1. The first-order valence-corrected chi connectivity index (χ1v) is 5.82. The quantitative estimate of drug-likeness (QED) is 0.716. The highest BCUT2D eigenvalue weighted by atomic mass is 16.5. The third kappa shape index (κ3) is 2.69. The van der Waals surface area contributed by atoms with E-state index in [-0.39, 0.29) is 18.6 Å². The summed E-state index contributed by atoms with van der Waals surface area (Å²) in [6.07, 6.45) is 2.58. The molecule has 0 aromatic rings. The zero-order valence-corrected chi connectivity index (χ0v) is 9.53. The van der Waals surface area contributed by atoms with Crippen LogP contribution in [0, 0.1) is 0 Å². The molecule has 4 heteroatoms. The maximum Gasteiger partial charge on any atom is 0.249 e. The Morgan fingerprint density at radius 3 is 2.53 bits per heavy atom. The van der Waals surface area contributed by atoms with Crippen molar-refractivity contribution >= 4 is 5.91 Å². The maximum absolute atomic E-state index is 11.9. The van der Waals surface area contributed by atoms with Crippen molar-refractivity contribution in [3.63, 3.8) is 0 Å². The van der Waals surface area contributed by atoms with Crippen molar-refractivity contribution < 1.29 is 9.53 Å². The lowest BCUT2D eigenvalue weighted by Crippen LogP contribution is -2.50. The molecule has 0 aromatic heterocycles. The van der Waals surface area contributed by atoms with Gasteiger partial charge in [-0.1, -0.05) is 0 Å². The molecule has 1 amide bonds. The van der Waals surface area contributed by atoms with Crippen LogP contribution in [0.3, 0.4) is 0 Å². The van der Waals surface area contributed by atoms with Crippen LogP contribution in [0.15, 0.2) is 0 Å². The monoisotopic (exact) mass is 212 g/mol. The highest BCUT2D eigenvalue weighted by molar-refractivity contribution is 5.78. The van der Waals surface area contributed by atoms with Gasteiger partial charge in [-0.2, -0.15) is 0 Å². The van der Waals surface area contributed by atoms with Crippen LogP contribution in [-0.2, 0) is 9.53 Å². The molecule has 0 atom stereocenters. The van der Waals surface area contributed by atoms with E-state index in [9.17, 15) is 4.79 Å². The van der Waals surface area contributed by atoms with Crippen LogP contribution in [0.2, 0.25) is 0 Å². The molecule has 0 bridgehead atoms. The van der Waals surface area contributed by atoms with Crippen molar-refractivity contribution in [2.24, 2.45) is 0 Å². The average molecular weight is 212 g/mol. The predicted molar refractivity (Wildman–Crippen MR) is 57.6 cm³/mol. The van der Waals surface area contributed by atoms with E-state index in [1.807, 2.05) is 4.90 Å². The zero-order chi connectivity index (χ0) is 10.8. The molecule has 1 saturated carbocycles. The molecule has 1 heterocycles. The minimum Gasteiger partial charge on any atom is -0.366 e. The molecule has 0 spiro atoms. The summed E-state index contributed by atoms with van der Waals surface area (Å²) in [7, 11) is 0. The largest absolute Gasteiger partial charge is 0.366 e. The van der Waals surface area contributed by atoms with E-state index in [1.54, 1.807) is 0 Å². The molecule has 2 fully saturated rings. The third-order valence-corrected chi connectivity index (χ3v) is 2.97. The number of amides is 1. The van der Waals surface area contributed by atoms with E-state index < -0.39 is 0 Å². The summed E-state index contributed by atoms with van der Waals surface area (Å²) in [5.74, 6) is 0.152. The number of hydrogen-bond acceptors (Lipinski definition) is 3. The zero-order valence-electron chi connectivity index (χ0n) is 9.53. The summed E-state index contributed by atoms with van der Waals surface area (Å²) >= 11 is 0. The van der Waals surface area contributed by atoms with Crippen molar-refractivity contribution in [1.29, 1.82) is 0 Å². The first kappa shape index (κ1) is 10.9. The topological polar surface area (TPSA) is 41.6 Å². The van der Waals surface area contributed by atoms with E-state index in [0.717, 1.165) is 25.9 Å². The molecule has 15 heavy (non-hydrogen) atoms. The van der Waals surface area contributed by atoms with E-state index in [0.29, 0.717) is 12.1 Å². The van der Waals surface area contributed by atoms with Gasteiger partial charge in [-0.15, -0.1) is 0 Å². The van der Waals surface area contributed by atoms with Crippen molar-refractivity contribution in [1.82, 2.24) is 10.2 Å². The molecule has 4 nitrogen and oxygen atoms in total. The van der Waals surface area contributed by atoms with Crippen LogP contribution in [0.25, 0.3) is 0 Å². The predicted octanol–water partition coefficient (Wildman–Crippen LogP) is 0.374. The smallest absolute Gasteiger partial charge is 0.249 e. The van der Waals surface area contributed by atoms with Gasteiger partial charge in [-0.25, -0.2) is 0 Å². The van der Waals surface area contributed by atoms with Crippen LogP contribution < -0.4 is 5.32 Å². The summed E-state index contributed by atoms with van der Waals surface area (Å²) in [5.41, 5.74) is 0. The molecule has 86 valence electrons. The second-order valence-corrected chi connectivity index (χ2v) is 4.72. The van der Waals surface area contributed by atoms with Gasteiger partial charge in [-0.3, -0.25) is 4.79 Å². The minimum atomic E-state index is 0.152. The summed E-state index contributed by atoms with van der Waals surface area (Å²) < 4.78 is 5.50. The maximum atomic E-state index is 11.9. The van der Waals surface area contributed by atoms with E-state index >= 15 is 0 Å². The lowest BCUT2D eigenvalue weighted by atomic mass is 10.2. The molecule has 0 unspecified atom stereocenters. The van der Waals surface area contributed by atoms with E-state index in [1.165, 1.54) is 0 Å². The van der Waals surface area contributed by atoms with Gasteiger partial charge >= 0.3 is 0 Å². The van der Waals surface area contributed by atoms with Gasteiger partial charge in [0.2, 0.25) is 5.91 Å². The number of hydrogen-bond donors (Lipinski definition) is 1. The molecular weight excluding hydrogens is 192 g/mol. The van der Waals surface area contributed by atoms with Crippen LogP contribution in [0.4, 0.5) is 0 Å². The Morgan fingerprint density at radius 2 is 2.13 bits per heavy atom. The Labute approximate surface area is 91.0 Å². The Morgan fingerprint density at radius 1 is 1.47 bits per heavy atom. The first-order valence-electron chi connectivity index (χ1n) is 5.82. The van der Waals surface area contributed by atoms with Crippen molar-refractivity contribution in [2.45, 2.75) is 44.9 Å². The fourth-order valence-corrected chi connectivity index (χ4v) is 1.91. The van der Waals surface area contributed by atoms with Gasteiger partial charge < -0.3 is 15.0 Å². The Bertz CT molecular complexity index is 233. The highest BCUT2D eigenvalue weighted by Crippen LogP contribution is 2.28. The number of carbonyl (C=O) groups excluding carboxylic acids is 1. The molecule has 2 aliphatic rings. The first-order chi connectivity index (χ1) is 7.18. The minimum absolute atomic E-state index is 0.152. The molecule has 0 aromatic carbocycles. The van der Waals surface area contributed by atoms with Crippen molar-refractivity contribution in [2.75, 3.05) is 19.7 Å². The molecule has 1 aliphatic heterocycles. The van der Waals surface area contributed by atoms with Gasteiger partial charge in [0.1, 0.15) is 6.61 Å². The van der Waals surface area contributed by atoms with Crippen LogP contribution in [0.5, 0.6) is 0 Å². The van der Waals surface area contributed by atoms with Crippen molar-refractivity contribution in [3.05, 3.63) is 0 Å². The number of ether oxygens (including phenoxy) is 1. The fourth-order valence-electron chi connectivity index (χ4n) is 1.91. The fraction of sp³-hybridized carbons (Fsp3) is 0.909. The Hall–Kier alpha value is -0.610. The van der Waals surface area contributed by atoms with Gasteiger partial charge in [0.25, 0.3) is 0 Å². The Balaban J connectivity index is 1.76. The molecule has 0 radical (unpaired) electrons. The van der Waals surface area contributed by atoms with Gasteiger partial charge in [0, 0.05) is 25.2 Å². The van der Waals surface area contributed by atoms with Crippen LogP contribution in [-0.4, -0.2) is 48.7 Å². The lowest BCUT2D eigenvalue weighted by Gasteiger charge is -2.30. The van der Waals surface area contributed by atoms with E-state index in [2.05, 4.69) is 19.2 Å². The Kier molecular flexibility index (Phi) is 3.26. The summed E-state index contributed by atoms with van der Waals surface area (Å²) in [5, 5.41) is 3.12. The standard InChI is InChI=1S/C11H20N2O2/c1-8(2)13(9-3-4-9)11(14)7-15-10-5-12-6-10/h8-10,12H,3-7H2,1-2H3. The highest BCUT2D eigenvalue weighted by Gasteiger charge is 2.34. The second-order valence-electron chi connectivity index (χ2n) is 4.72. The van der Waals surface area contributed by atoms with Gasteiger partial charge in [0.05, 0.1) is 6.10 Å². The summed E-state index contributed by atoms with van der Waals surface area (Å²) in [6, 6.07) is 0.786. The van der Waals surface area contributed by atoms with Gasteiger partial charge in [-0.05, 0) is 26.7 Å². The average Bonchev–Trinajstić information content (AvgIpc) is 2.84.